The minimum Gasteiger partial charge on any atom is -0.471 e. The predicted molar refractivity (Wildman–Crippen MR) is 117 cm³/mol. The van der Waals surface area contributed by atoms with Crippen molar-refractivity contribution in [3.05, 3.63) is 83.6 Å². The van der Waals surface area contributed by atoms with Crippen molar-refractivity contribution in [1.82, 2.24) is 19.6 Å². The largest absolute Gasteiger partial charge is 0.471 e. The first-order valence-corrected chi connectivity index (χ1v) is 10.4. The van der Waals surface area contributed by atoms with Crippen molar-refractivity contribution in [3.8, 4) is 5.88 Å². The molecule has 2 amide bonds. The molecule has 0 saturated carbocycles. The summed E-state index contributed by atoms with van der Waals surface area (Å²) in [5.74, 6) is 0.249. The lowest BCUT2D eigenvalue weighted by atomic mass is 10.2. The molecule has 3 aromatic rings. The highest BCUT2D eigenvalue weighted by Gasteiger charge is 2.27. The number of piperazine rings is 1. The van der Waals surface area contributed by atoms with Crippen molar-refractivity contribution in [1.29, 1.82) is 0 Å². The summed E-state index contributed by atoms with van der Waals surface area (Å²) in [4.78, 5) is 28.4. The first-order valence-electron chi connectivity index (χ1n) is 10.4. The van der Waals surface area contributed by atoms with Gasteiger partial charge in [0, 0.05) is 39.3 Å². The second kappa shape index (κ2) is 9.47. The van der Waals surface area contributed by atoms with Gasteiger partial charge in [0.25, 0.3) is 5.91 Å². The van der Waals surface area contributed by atoms with E-state index in [4.69, 9.17) is 4.74 Å². The number of hydrogen-bond acceptors (Lipinski definition) is 4. The van der Waals surface area contributed by atoms with E-state index in [1.165, 1.54) is 0 Å². The van der Waals surface area contributed by atoms with Crippen LogP contribution < -0.4 is 4.74 Å². The average Bonchev–Trinajstić information content (AvgIpc) is 3.21. The van der Waals surface area contributed by atoms with E-state index >= 15 is 0 Å². The van der Waals surface area contributed by atoms with Crippen LogP contribution in [0, 0.1) is 0 Å². The fraction of sp³-hybridized carbons (Fsp3) is 0.292. The number of carbonyl (C=O) groups excluding carboxylic acids is 2. The molecule has 2 heterocycles. The van der Waals surface area contributed by atoms with Gasteiger partial charge in [-0.05, 0) is 11.1 Å². The summed E-state index contributed by atoms with van der Waals surface area (Å²) < 4.78 is 7.71. The summed E-state index contributed by atoms with van der Waals surface area (Å²) in [7, 11) is 0. The van der Waals surface area contributed by atoms with E-state index in [-0.39, 0.29) is 11.8 Å². The van der Waals surface area contributed by atoms with Crippen molar-refractivity contribution in [2.45, 2.75) is 20.1 Å². The van der Waals surface area contributed by atoms with Crippen LogP contribution in [-0.4, -0.2) is 57.6 Å². The Morgan fingerprint density at radius 1 is 0.871 bits per heavy atom. The summed E-state index contributed by atoms with van der Waals surface area (Å²) in [5, 5.41) is 4.56. The molecule has 1 aliphatic rings. The number of hydrogen-bond donors (Lipinski definition) is 0. The molecule has 7 nitrogen and oxygen atoms in total. The van der Waals surface area contributed by atoms with Crippen LogP contribution >= 0.6 is 0 Å². The zero-order valence-electron chi connectivity index (χ0n) is 17.6. The van der Waals surface area contributed by atoms with Gasteiger partial charge < -0.3 is 14.5 Å². The topological polar surface area (TPSA) is 67.7 Å². The van der Waals surface area contributed by atoms with Gasteiger partial charge in [-0.1, -0.05) is 60.7 Å². The number of amides is 2. The highest BCUT2D eigenvalue weighted by molar-refractivity contribution is 5.96. The van der Waals surface area contributed by atoms with Crippen molar-refractivity contribution in [2.24, 2.45) is 0 Å². The second-order valence-electron chi connectivity index (χ2n) is 7.60. The molecule has 0 atom stereocenters. The normalized spacial score (nSPS) is 13.8. The zero-order valence-corrected chi connectivity index (χ0v) is 17.6. The van der Waals surface area contributed by atoms with E-state index in [1.807, 2.05) is 60.7 Å². The number of benzene rings is 2. The molecule has 160 valence electrons. The van der Waals surface area contributed by atoms with Crippen molar-refractivity contribution in [3.63, 3.8) is 0 Å². The molecular weight excluding hydrogens is 392 g/mol. The molecule has 2 aromatic carbocycles. The fourth-order valence-electron chi connectivity index (χ4n) is 3.63. The third-order valence-electron chi connectivity index (χ3n) is 5.38. The van der Waals surface area contributed by atoms with Gasteiger partial charge in [-0.3, -0.25) is 14.3 Å². The van der Waals surface area contributed by atoms with E-state index in [0.29, 0.717) is 50.8 Å². The van der Waals surface area contributed by atoms with Crippen LogP contribution in [0.5, 0.6) is 5.88 Å². The first kappa shape index (κ1) is 20.7. The van der Waals surface area contributed by atoms with Gasteiger partial charge in [-0.2, -0.15) is 0 Å². The van der Waals surface area contributed by atoms with Gasteiger partial charge >= 0.3 is 0 Å². The molecule has 0 aliphatic carbocycles. The standard InChI is InChI=1S/C24H26N4O3/c1-19(29)26-12-14-27(15-13-26)24(30)22-17-28(16-20-8-4-2-5-9-20)25-23(22)31-18-21-10-6-3-7-11-21/h2-11,17H,12-16,18H2,1H3. The summed E-state index contributed by atoms with van der Waals surface area (Å²) in [6.45, 7) is 4.52. The molecule has 1 saturated heterocycles. The minimum absolute atomic E-state index is 0.0367. The van der Waals surface area contributed by atoms with E-state index in [9.17, 15) is 9.59 Å². The maximum absolute atomic E-state index is 13.3. The Bertz CT molecular complexity index is 1030. The van der Waals surface area contributed by atoms with Gasteiger partial charge in [0.15, 0.2) is 0 Å². The Hall–Kier alpha value is -3.61. The Morgan fingerprint density at radius 2 is 1.45 bits per heavy atom. The third kappa shape index (κ3) is 5.12. The summed E-state index contributed by atoms with van der Waals surface area (Å²) in [6, 6.07) is 19.8. The van der Waals surface area contributed by atoms with E-state index in [0.717, 1.165) is 11.1 Å². The Labute approximate surface area is 181 Å². The predicted octanol–water partition coefficient (Wildman–Crippen LogP) is 2.81. The monoisotopic (exact) mass is 418 g/mol. The van der Waals surface area contributed by atoms with Crippen LogP contribution in [0.2, 0.25) is 0 Å². The van der Waals surface area contributed by atoms with Crippen LogP contribution in [-0.2, 0) is 17.9 Å². The SMILES string of the molecule is CC(=O)N1CCN(C(=O)c2cn(Cc3ccccc3)nc2OCc2ccccc2)CC1. The van der Waals surface area contributed by atoms with Gasteiger partial charge in [-0.25, -0.2) is 0 Å². The van der Waals surface area contributed by atoms with Crippen LogP contribution in [0.25, 0.3) is 0 Å². The van der Waals surface area contributed by atoms with Crippen molar-refractivity contribution < 1.29 is 14.3 Å². The third-order valence-corrected chi connectivity index (χ3v) is 5.38. The average molecular weight is 418 g/mol. The number of aromatic nitrogens is 2. The maximum Gasteiger partial charge on any atom is 0.261 e. The fourth-order valence-corrected chi connectivity index (χ4v) is 3.63. The molecule has 0 radical (unpaired) electrons. The van der Waals surface area contributed by atoms with Crippen LogP contribution in [0.1, 0.15) is 28.4 Å². The molecule has 1 aromatic heterocycles. The first-order chi connectivity index (χ1) is 15.1. The van der Waals surface area contributed by atoms with E-state index < -0.39 is 0 Å². The molecule has 0 spiro atoms. The molecule has 1 fully saturated rings. The van der Waals surface area contributed by atoms with E-state index in [2.05, 4.69) is 5.10 Å². The number of ether oxygens (including phenoxy) is 1. The van der Waals surface area contributed by atoms with Gasteiger partial charge in [0.2, 0.25) is 11.8 Å². The Balaban J connectivity index is 1.53. The molecule has 31 heavy (non-hydrogen) atoms. The smallest absolute Gasteiger partial charge is 0.261 e. The molecule has 4 rings (SSSR count). The lowest BCUT2D eigenvalue weighted by Crippen LogP contribution is -2.50. The summed E-state index contributed by atoms with van der Waals surface area (Å²) >= 11 is 0. The van der Waals surface area contributed by atoms with Crippen molar-refractivity contribution >= 4 is 11.8 Å². The van der Waals surface area contributed by atoms with Crippen LogP contribution in [0.3, 0.4) is 0 Å². The Morgan fingerprint density at radius 3 is 2.06 bits per heavy atom. The minimum atomic E-state index is -0.120. The number of carbonyl (C=O) groups is 2. The number of nitrogens with zero attached hydrogens (tertiary/aromatic N) is 4. The van der Waals surface area contributed by atoms with E-state index in [1.54, 1.807) is 27.6 Å². The van der Waals surface area contributed by atoms with Crippen LogP contribution in [0.15, 0.2) is 66.9 Å². The summed E-state index contributed by atoms with van der Waals surface area (Å²) in [5.41, 5.74) is 2.55. The lowest BCUT2D eigenvalue weighted by Gasteiger charge is -2.34. The van der Waals surface area contributed by atoms with Gasteiger partial charge in [0.1, 0.15) is 12.2 Å². The molecular formula is C24H26N4O3. The second-order valence-corrected chi connectivity index (χ2v) is 7.60. The lowest BCUT2D eigenvalue weighted by molar-refractivity contribution is -0.130. The number of rotatable bonds is 6. The molecule has 0 unspecified atom stereocenters. The van der Waals surface area contributed by atoms with Gasteiger partial charge in [0.05, 0.1) is 6.54 Å². The highest BCUT2D eigenvalue weighted by atomic mass is 16.5. The quantitative estimate of drug-likeness (QED) is 0.617. The molecule has 7 heteroatoms. The molecule has 0 bridgehead atoms. The maximum atomic E-state index is 13.3. The molecule has 0 N–H and O–H groups in total. The van der Waals surface area contributed by atoms with Gasteiger partial charge in [-0.15, -0.1) is 5.10 Å². The van der Waals surface area contributed by atoms with Crippen molar-refractivity contribution in [2.75, 3.05) is 26.2 Å². The molecule has 1 aliphatic heterocycles. The summed E-state index contributed by atoms with van der Waals surface area (Å²) in [6.07, 6.45) is 1.76. The zero-order chi connectivity index (χ0) is 21.6. The van der Waals surface area contributed by atoms with Crippen LogP contribution in [0.4, 0.5) is 0 Å². The Kier molecular flexibility index (Phi) is 6.31. The highest BCUT2D eigenvalue weighted by Crippen LogP contribution is 2.21.